The number of hydrogen-bond donors (Lipinski definition) is 2. The first-order chi connectivity index (χ1) is 11.4. The highest BCUT2D eigenvalue weighted by Crippen LogP contribution is 2.44. The van der Waals surface area contributed by atoms with Gasteiger partial charge in [-0.05, 0) is 36.5 Å². The van der Waals surface area contributed by atoms with Crippen molar-refractivity contribution in [1.82, 2.24) is 10.2 Å². The van der Waals surface area contributed by atoms with E-state index in [9.17, 15) is 9.59 Å². The van der Waals surface area contributed by atoms with Crippen LogP contribution in [0, 0.1) is 5.92 Å². The number of ether oxygens (including phenoxy) is 1. The topological polar surface area (TPSA) is 78.9 Å². The Labute approximate surface area is 141 Å². The van der Waals surface area contributed by atoms with E-state index in [1.807, 2.05) is 4.90 Å². The predicted molar refractivity (Wildman–Crippen MR) is 88.9 cm³/mol. The number of amides is 2. The number of urea groups is 1. The molecule has 2 fully saturated rings. The third-order valence-electron chi connectivity index (χ3n) is 4.98. The van der Waals surface area contributed by atoms with E-state index in [-0.39, 0.29) is 23.2 Å². The van der Waals surface area contributed by atoms with Crippen molar-refractivity contribution in [2.45, 2.75) is 44.9 Å². The lowest BCUT2D eigenvalue weighted by Gasteiger charge is -2.56. The van der Waals surface area contributed by atoms with E-state index < -0.39 is 5.97 Å². The summed E-state index contributed by atoms with van der Waals surface area (Å²) < 4.78 is 5.95. The van der Waals surface area contributed by atoms with E-state index in [4.69, 9.17) is 9.84 Å². The van der Waals surface area contributed by atoms with E-state index in [1.54, 1.807) is 24.3 Å². The van der Waals surface area contributed by atoms with Crippen LogP contribution in [0.15, 0.2) is 24.3 Å². The summed E-state index contributed by atoms with van der Waals surface area (Å²) in [5.74, 6) is -0.606. The number of aromatic carboxylic acids is 1. The number of carboxylic acid groups (broad SMARTS) is 1. The molecule has 0 bridgehead atoms. The molecule has 3 rings (SSSR count). The molecule has 2 N–H and O–H groups in total. The number of likely N-dealkylation sites (tertiary alicyclic amines) is 1. The van der Waals surface area contributed by atoms with Gasteiger partial charge in [-0.2, -0.15) is 0 Å². The highest BCUT2D eigenvalue weighted by molar-refractivity contribution is 5.87. The molecule has 2 aliphatic rings. The van der Waals surface area contributed by atoms with Crippen LogP contribution in [-0.2, 0) is 11.3 Å². The summed E-state index contributed by atoms with van der Waals surface area (Å²) in [6.45, 7) is 6.07. The SMILES string of the molecule is CC(C)C1N(C(=O)NCc2ccc(C(=O)O)cc2)CC12CCCO2. The van der Waals surface area contributed by atoms with E-state index in [0.29, 0.717) is 19.0 Å². The fourth-order valence-electron chi connectivity index (χ4n) is 3.94. The normalized spacial score (nSPS) is 25.8. The molecule has 0 radical (unpaired) electrons. The van der Waals surface area contributed by atoms with Gasteiger partial charge in [0, 0.05) is 13.2 Å². The molecule has 1 aromatic carbocycles. The minimum absolute atomic E-state index is 0.0860. The molecule has 6 heteroatoms. The Morgan fingerprint density at radius 2 is 2.08 bits per heavy atom. The molecule has 2 amide bonds. The third kappa shape index (κ3) is 2.98. The van der Waals surface area contributed by atoms with E-state index in [0.717, 1.165) is 25.0 Å². The number of nitrogens with one attached hydrogen (secondary N) is 1. The molecular weight excluding hydrogens is 308 g/mol. The van der Waals surface area contributed by atoms with Crippen LogP contribution in [0.25, 0.3) is 0 Å². The van der Waals surface area contributed by atoms with Gasteiger partial charge in [-0.1, -0.05) is 26.0 Å². The molecule has 2 heterocycles. The molecule has 24 heavy (non-hydrogen) atoms. The summed E-state index contributed by atoms with van der Waals surface area (Å²) in [5, 5.41) is 11.8. The number of carboxylic acids is 1. The zero-order valence-electron chi connectivity index (χ0n) is 14.1. The van der Waals surface area contributed by atoms with Crippen LogP contribution < -0.4 is 5.32 Å². The molecule has 0 saturated carbocycles. The first kappa shape index (κ1) is 16.8. The van der Waals surface area contributed by atoms with Gasteiger partial charge < -0.3 is 20.1 Å². The highest BCUT2D eigenvalue weighted by atomic mass is 16.5. The van der Waals surface area contributed by atoms with E-state index in [2.05, 4.69) is 19.2 Å². The van der Waals surface area contributed by atoms with Crippen LogP contribution >= 0.6 is 0 Å². The first-order valence-corrected chi connectivity index (χ1v) is 8.43. The molecule has 1 spiro atoms. The van der Waals surface area contributed by atoms with Crippen molar-refractivity contribution in [3.8, 4) is 0 Å². The second-order valence-corrected chi connectivity index (χ2v) is 6.99. The molecule has 2 saturated heterocycles. The Morgan fingerprint density at radius 3 is 2.62 bits per heavy atom. The van der Waals surface area contributed by atoms with Gasteiger partial charge in [0.1, 0.15) is 5.60 Å². The van der Waals surface area contributed by atoms with Crippen LogP contribution in [0.5, 0.6) is 0 Å². The maximum Gasteiger partial charge on any atom is 0.335 e. The van der Waals surface area contributed by atoms with Gasteiger partial charge in [-0.15, -0.1) is 0 Å². The van der Waals surface area contributed by atoms with Crippen molar-refractivity contribution in [2.75, 3.05) is 13.2 Å². The molecular formula is C18H24N2O4. The van der Waals surface area contributed by atoms with Gasteiger partial charge >= 0.3 is 12.0 Å². The van der Waals surface area contributed by atoms with Gasteiger partial charge in [0.15, 0.2) is 0 Å². The summed E-state index contributed by atoms with van der Waals surface area (Å²) >= 11 is 0. The third-order valence-corrected chi connectivity index (χ3v) is 4.98. The lowest BCUT2D eigenvalue weighted by atomic mass is 9.75. The highest BCUT2D eigenvalue weighted by Gasteiger charge is 2.58. The minimum Gasteiger partial charge on any atom is -0.478 e. The van der Waals surface area contributed by atoms with Crippen LogP contribution in [0.1, 0.15) is 42.6 Å². The Balaban J connectivity index is 1.58. The van der Waals surface area contributed by atoms with Crippen LogP contribution in [-0.4, -0.2) is 46.8 Å². The molecule has 0 aliphatic carbocycles. The lowest BCUT2D eigenvalue weighted by Crippen LogP contribution is -2.73. The standard InChI is InChI=1S/C18H24N2O4/c1-12(2)15-18(8-3-9-24-18)11-20(15)17(23)19-10-13-4-6-14(7-5-13)16(21)22/h4-7,12,15H,3,8-11H2,1-2H3,(H,19,23)(H,21,22). The Morgan fingerprint density at radius 1 is 1.38 bits per heavy atom. The summed E-state index contributed by atoms with van der Waals surface area (Å²) in [6.07, 6.45) is 2.09. The van der Waals surface area contributed by atoms with Crippen LogP contribution in [0.4, 0.5) is 4.79 Å². The van der Waals surface area contributed by atoms with Crippen molar-refractivity contribution in [2.24, 2.45) is 5.92 Å². The van der Waals surface area contributed by atoms with Gasteiger partial charge in [0.25, 0.3) is 0 Å². The average molecular weight is 332 g/mol. The van der Waals surface area contributed by atoms with E-state index in [1.165, 1.54) is 0 Å². The van der Waals surface area contributed by atoms with Gasteiger partial charge in [-0.3, -0.25) is 0 Å². The zero-order valence-corrected chi connectivity index (χ0v) is 14.1. The lowest BCUT2D eigenvalue weighted by molar-refractivity contribution is -0.154. The first-order valence-electron chi connectivity index (χ1n) is 8.43. The fraction of sp³-hybridized carbons (Fsp3) is 0.556. The molecule has 2 unspecified atom stereocenters. The largest absolute Gasteiger partial charge is 0.478 e. The number of nitrogens with zero attached hydrogens (tertiary/aromatic N) is 1. The maximum atomic E-state index is 12.5. The fourth-order valence-corrected chi connectivity index (χ4v) is 3.94. The van der Waals surface area contributed by atoms with Crippen molar-refractivity contribution >= 4 is 12.0 Å². The van der Waals surface area contributed by atoms with Gasteiger partial charge in [0.05, 0.1) is 18.2 Å². The molecule has 2 atom stereocenters. The van der Waals surface area contributed by atoms with Gasteiger partial charge in [-0.25, -0.2) is 9.59 Å². The van der Waals surface area contributed by atoms with Crippen LogP contribution in [0.3, 0.4) is 0 Å². The summed E-state index contributed by atoms with van der Waals surface area (Å²) in [6, 6.07) is 6.58. The smallest absolute Gasteiger partial charge is 0.335 e. The molecule has 0 aromatic heterocycles. The van der Waals surface area contributed by atoms with Crippen LogP contribution in [0.2, 0.25) is 0 Å². The zero-order chi connectivity index (χ0) is 17.3. The number of carbonyl (C=O) groups excluding carboxylic acids is 1. The summed E-state index contributed by atoms with van der Waals surface area (Å²) in [5.41, 5.74) is 0.976. The Hall–Kier alpha value is -2.08. The summed E-state index contributed by atoms with van der Waals surface area (Å²) in [4.78, 5) is 25.2. The molecule has 6 nitrogen and oxygen atoms in total. The van der Waals surface area contributed by atoms with E-state index >= 15 is 0 Å². The quantitative estimate of drug-likeness (QED) is 0.888. The Kier molecular flexibility index (Phi) is 4.49. The molecule has 1 aromatic rings. The Bertz CT molecular complexity index is 620. The summed E-state index contributed by atoms with van der Waals surface area (Å²) in [7, 11) is 0. The van der Waals surface area contributed by atoms with Crippen molar-refractivity contribution in [1.29, 1.82) is 0 Å². The second-order valence-electron chi connectivity index (χ2n) is 6.99. The van der Waals surface area contributed by atoms with Crippen molar-refractivity contribution in [3.05, 3.63) is 35.4 Å². The average Bonchev–Trinajstić information content (AvgIpc) is 3.01. The number of rotatable bonds is 4. The second kappa shape index (κ2) is 6.43. The minimum atomic E-state index is -0.951. The number of benzene rings is 1. The molecule has 2 aliphatic heterocycles. The van der Waals surface area contributed by atoms with Crippen molar-refractivity contribution in [3.63, 3.8) is 0 Å². The van der Waals surface area contributed by atoms with Gasteiger partial charge in [0.2, 0.25) is 0 Å². The monoisotopic (exact) mass is 332 g/mol. The number of hydrogen-bond acceptors (Lipinski definition) is 3. The molecule has 130 valence electrons. The maximum absolute atomic E-state index is 12.5. The van der Waals surface area contributed by atoms with Crippen molar-refractivity contribution < 1.29 is 19.4 Å². The number of carbonyl (C=O) groups is 2. The predicted octanol–water partition coefficient (Wildman–Crippen LogP) is 2.48.